The van der Waals surface area contributed by atoms with Gasteiger partial charge in [0.2, 0.25) is 0 Å². The van der Waals surface area contributed by atoms with E-state index in [1.807, 2.05) is 6.07 Å². The SMILES string of the molecule is CC(N)C(c1ccco1)N1CCC[C@H]2CCCC[C@H]21. The number of fused-ring (bicyclic) bond motifs is 1. The van der Waals surface area contributed by atoms with Crippen molar-refractivity contribution in [2.45, 2.75) is 63.6 Å². The molecule has 0 aromatic carbocycles. The molecular formula is C16H26N2O. The molecule has 3 heteroatoms. The van der Waals surface area contributed by atoms with Crippen molar-refractivity contribution in [1.82, 2.24) is 4.90 Å². The highest BCUT2D eigenvalue weighted by Crippen LogP contribution is 2.40. The summed E-state index contributed by atoms with van der Waals surface area (Å²) in [6, 6.07) is 5.16. The maximum atomic E-state index is 6.28. The van der Waals surface area contributed by atoms with E-state index in [-0.39, 0.29) is 12.1 Å². The Hall–Kier alpha value is -0.800. The molecular weight excluding hydrogens is 236 g/mol. The molecule has 2 heterocycles. The molecule has 1 aromatic rings. The van der Waals surface area contributed by atoms with Gasteiger partial charge in [-0.05, 0) is 57.2 Å². The third-order valence-corrected chi connectivity index (χ3v) is 4.98. The van der Waals surface area contributed by atoms with Crippen LogP contribution in [0.15, 0.2) is 22.8 Å². The summed E-state index contributed by atoms with van der Waals surface area (Å²) in [4.78, 5) is 2.65. The van der Waals surface area contributed by atoms with Gasteiger partial charge < -0.3 is 10.2 Å². The average Bonchev–Trinajstić information content (AvgIpc) is 2.93. The van der Waals surface area contributed by atoms with E-state index in [2.05, 4.69) is 17.9 Å². The molecule has 2 unspecified atom stereocenters. The molecule has 1 saturated heterocycles. The molecule has 3 rings (SSSR count). The molecule has 106 valence electrons. The van der Waals surface area contributed by atoms with Crippen LogP contribution >= 0.6 is 0 Å². The Bertz CT molecular complexity index is 385. The molecule has 4 atom stereocenters. The quantitative estimate of drug-likeness (QED) is 0.908. The van der Waals surface area contributed by atoms with E-state index in [1.165, 1.54) is 45.1 Å². The first-order chi connectivity index (χ1) is 9.27. The van der Waals surface area contributed by atoms with Gasteiger partial charge in [-0.3, -0.25) is 4.90 Å². The lowest BCUT2D eigenvalue weighted by atomic mass is 9.77. The molecule has 1 aliphatic heterocycles. The minimum absolute atomic E-state index is 0.117. The highest BCUT2D eigenvalue weighted by atomic mass is 16.3. The zero-order valence-corrected chi connectivity index (χ0v) is 11.9. The molecule has 3 nitrogen and oxygen atoms in total. The monoisotopic (exact) mass is 262 g/mol. The van der Waals surface area contributed by atoms with Crippen LogP contribution in [0.5, 0.6) is 0 Å². The minimum atomic E-state index is 0.117. The second-order valence-electron chi connectivity index (χ2n) is 6.31. The standard InChI is InChI=1S/C16H26N2O/c1-12(17)16(15-9-5-11-19-15)18-10-4-7-13-6-2-3-8-14(13)18/h5,9,11-14,16H,2-4,6-8,10,17H2,1H3/t12?,13-,14-,16?/m1/s1. The number of nitrogens with zero attached hydrogens (tertiary/aromatic N) is 1. The molecule has 0 spiro atoms. The summed E-state index contributed by atoms with van der Waals surface area (Å²) in [5, 5.41) is 0. The van der Waals surface area contributed by atoms with Gasteiger partial charge in [-0.15, -0.1) is 0 Å². The molecule has 1 saturated carbocycles. The molecule has 0 bridgehead atoms. The van der Waals surface area contributed by atoms with Crippen molar-refractivity contribution < 1.29 is 4.42 Å². The molecule has 1 aromatic heterocycles. The lowest BCUT2D eigenvalue weighted by molar-refractivity contribution is 0.0105. The Labute approximate surface area is 116 Å². The highest BCUT2D eigenvalue weighted by Gasteiger charge is 2.39. The van der Waals surface area contributed by atoms with Crippen molar-refractivity contribution in [3.05, 3.63) is 24.2 Å². The molecule has 0 amide bonds. The zero-order valence-electron chi connectivity index (χ0n) is 11.9. The van der Waals surface area contributed by atoms with Crippen molar-refractivity contribution >= 4 is 0 Å². The second kappa shape index (κ2) is 5.68. The van der Waals surface area contributed by atoms with Gasteiger partial charge in [-0.25, -0.2) is 0 Å². The molecule has 19 heavy (non-hydrogen) atoms. The third kappa shape index (κ3) is 2.59. The summed E-state index contributed by atoms with van der Waals surface area (Å²) in [5.41, 5.74) is 6.28. The summed E-state index contributed by atoms with van der Waals surface area (Å²) in [5.74, 6) is 1.93. The number of furan rings is 1. The van der Waals surface area contributed by atoms with Crippen LogP contribution in [0, 0.1) is 5.92 Å². The number of hydrogen-bond acceptors (Lipinski definition) is 3. The summed E-state index contributed by atoms with van der Waals surface area (Å²) in [6.45, 7) is 3.29. The average molecular weight is 262 g/mol. The van der Waals surface area contributed by atoms with E-state index in [9.17, 15) is 0 Å². The van der Waals surface area contributed by atoms with Gasteiger partial charge in [0.05, 0.1) is 12.3 Å². The van der Waals surface area contributed by atoms with Crippen molar-refractivity contribution in [3.63, 3.8) is 0 Å². The zero-order chi connectivity index (χ0) is 13.2. The Kier molecular flexibility index (Phi) is 3.94. The van der Waals surface area contributed by atoms with Crippen molar-refractivity contribution in [3.8, 4) is 0 Å². The van der Waals surface area contributed by atoms with Crippen LogP contribution in [0.2, 0.25) is 0 Å². The van der Waals surface area contributed by atoms with Crippen LogP contribution in [0.25, 0.3) is 0 Å². The number of likely N-dealkylation sites (tertiary alicyclic amines) is 1. The van der Waals surface area contributed by atoms with Crippen molar-refractivity contribution in [2.75, 3.05) is 6.54 Å². The first-order valence-corrected chi connectivity index (χ1v) is 7.82. The van der Waals surface area contributed by atoms with Crippen molar-refractivity contribution in [2.24, 2.45) is 11.7 Å². The van der Waals surface area contributed by atoms with Gasteiger partial charge in [0.1, 0.15) is 5.76 Å². The van der Waals surface area contributed by atoms with Gasteiger partial charge in [0.25, 0.3) is 0 Å². The predicted octanol–water partition coefficient (Wildman–Crippen LogP) is 3.32. The predicted molar refractivity (Wildman–Crippen MR) is 76.8 cm³/mol. The number of piperidine rings is 1. The maximum Gasteiger partial charge on any atom is 0.122 e. The van der Waals surface area contributed by atoms with Gasteiger partial charge in [0.15, 0.2) is 0 Å². The molecule has 2 aliphatic rings. The smallest absolute Gasteiger partial charge is 0.122 e. The van der Waals surface area contributed by atoms with Crippen LogP contribution in [0.1, 0.15) is 57.3 Å². The highest BCUT2D eigenvalue weighted by molar-refractivity contribution is 5.09. The summed E-state index contributed by atoms with van der Waals surface area (Å²) >= 11 is 0. The second-order valence-corrected chi connectivity index (χ2v) is 6.31. The first-order valence-electron chi connectivity index (χ1n) is 7.82. The summed E-state index contributed by atoms with van der Waals surface area (Å²) in [7, 11) is 0. The summed E-state index contributed by atoms with van der Waals surface area (Å²) in [6.07, 6.45) is 10.0. The lowest BCUT2D eigenvalue weighted by Gasteiger charge is -2.48. The van der Waals surface area contributed by atoms with Crippen LogP contribution in [0.4, 0.5) is 0 Å². The van der Waals surface area contributed by atoms with E-state index in [1.54, 1.807) is 6.26 Å². The van der Waals surface area contributed by atoms with Crippen LogP contribution in [0.3, 0.4) is 0 Å². The third-order valence-electron chi connectivity index (χ3n) is 4.98. The topological polar surface area (TPSA) is 42.4 Å². The largest absolute Gasteiger partial charge is 0.468 e. The van der Waals surface area contributed by atoms with E-state index in [4.69, 9.17) is 10.2 Å². The molecule has 2 N–H and O–H groups in total. The Morgan fingerprint density at radius 3 is 2.79 bits per heavy atom. The summed E-state index contributed by atoms with van der Waals surface area (Å²) < 4.78 is 5.67. The first kappa shape index (κ1) is 13.2. The van der Waals surface area contributed by atoms with Crippen molar-refractivity contribution in [1.29, 1.82) is 0 Å². The van der Waals surface area contributed by atoms with E-state index >= 15 is 0 Å². The van der Waals surface area contributed by atoms with Gasteiger partial charge in [-0.2, -0.15) is 0 Å². The van der Waals surface area contributed by atoms with Gasteiger partial charge >= 0.3 is 0 Å². The Balaban J connectivity index is 1.84. The van der Waals surface area contributed by atoms with E-state index in [0.717, 1.165) is 17.7 Å². The van der Waals surface area contributed by atoms with Crippen LogP contribution in [-0.2, 0) is 0 Å². The molecule has 1 aliphatic carbocycles. The molecule has 2 fully saturated rings. The van der Waals surface area contributed by atoms with E-state index in [0.29, 0.717) is 0 Å². The van der Waals surface area contributed by atoms with Crippen LogP contribution in [-0.4, -0.2) is 23.5 Å². The molecule has 0 radical (unpaired) electrons. The Morgan fingerprint density at radius 2 is 2.05 bits per heavy atom. The fraction of sp³-hybridized carbons (Fsp3) is 0.750. The number of hydrogen-bond donors (Lipinski definition) is 1. The van der Waals surface area contributed by atoms with Gasteiger partial charge in [-0.1, -0.05) is 12.8 Å². The van der Waals surface area contributed by atoms with Crippen LogP contribution < -0.4 is 5.73 Å². The maximum absolute atomic E-state index is 6.28. The Morgan fingerprint density at radius 1 is 1.26 bits per heavy atom. The normalized spacial score (nSPS) is 31.7. The van der Waals surface area contributed by atoms with Gasteiger partial charge in [0, 0.05) is 12.1 Å². The number of rotatable bonds is 3. The fourth-order valence-corrected chi connectivity index (χ4v) is 4.19. The number of nitrogens with two attached hydrogens (primary N) is 1. The fourth-order valence-electron chi connectivity index (χ4n) is 4.19. The van der Waals surface area contributed by atoms with E-state index < -0.39 is 0 Å². The lowest BCUT2D eigenvalue weighted by Crippen LogP contribution is -2.52. The minimum Gasteiger partial charge on any atom is -0.468 e.